The molecule has 0 amide bonds. The van der Waals surface area contributed by atoms with Gasteiger partial charge in [0.1, 0.15) is 5.75 Å². The van der Waals surface area contributed by atoms with Gasteiger partial charge in [0.05, 0.1) is 12.9 Å². The molecule has 2 aliphatic heterocycles. The number of piperidine rings is 2. The molecule has 2 heterocycles. The molecule has 0 radical (unpaired) electrons. The molecule has 6 heteroatoms. The van der Waals surface area contributed by atoms with Gasteiger partial charge in [0, 0.05) is 13.1 Å². The van der Waals surface area contributed by atoms with Gasteiger partial charge in [0.2, 0.25) is 10.0 Å². The van der Waals surface area contributed by atoms with Crippen LogP contribution in [0.15, 0.2) is 24.3 Å². The largest absolute Gasteiger partial charge is 0.493 e. The zero-order valence-electron chi connectivity index (χ0n) is 14.4. The van der Waals surface area contributed by atoms with Gasteiger partial charge in [-0.05, 0) is 68.3 Å². The van der Waals surface area contributed by atoms with Gasteiger partial charge in [-0.1, -0.05) is 12.1 Å². The third-order valence-corrected chi connectivity index (χ3v) is 6.52. The average molecular weight is 353 g/mol. The minimum absolute atomic E-state index is 0.446. The fourth-order valence-corrected chi connectivity index (χ4v) is 4.49. The summed E-state index contributed by atoms with van der Waals surface area (Å²) in [6.45, 7) is 4.24. The van der Waals surface area contributed by atoms with Crippen LogP contribution in [0.3, 0.4) is 0 Å². The summed E-state index contributed by atoms with van der Waals surface area (Å²) in [6, 6.07) is 8.38. The van der Waals surface area contributed by atoms with E-state index in [1.807, 2.05) is 0 Å². The highest BCUT2D eigenvalue weighted by Gasteiger charge is 2.25. The van der Waals surface area contributed by atoms with Crippen molar-refractivity contribution in [2.24, 2.45) is 5.92 Å². The first-order valence-corrected chi connectivity index (χ1v) is 10.8. The molecule has 0 atom stereocenters. The second-order valence-corrected chi connectivity index (χ2v) is 8.99. The Balaban J connectivity index is 1.49. The normalized spacial score (nSPS) is 21.7. The van der Waals surface area contributed by atoms with Crippen molar-refractivity contribution in [2.45, 2.75) is 31.6 Å². The van der Waals surface area contributed by atoms with E-state index in [0.29, 0.717) is 24.9 Å². The quantitative estimate of drug-likeness (QED) is 0.883. The van der Waals surface area contributed by atoms with Crippen molar-refractivity contribution in [2.75, 3.05) is 39.0 Å². The van der Waals surface area contributed by atoms with Crippen LogP contribution in [0.4, 0.5) is 0 Å². The summed E-state index contributed by atoms with van der Waals surface area (Å²) in [4.78, 5) is 0. The summed E-state index contributed by atoms with van der Waals surface area (Å²) in [5, 5.41) is 3.37. The van der Waals surface area contributed by atoms with Crippen molar-refractivity contribution >= 4 is 10.0 Å². The minimum atomic E-state index is -3.05. The molecule has 1 aromatic carbocycles. The predicted molar refractivity (Wildman–Crippen MR) is 95.9 cm³/mol. The summed E-state index contributed by atoms with van der Waals surface area (Å²) in [5.41, 5.74) is 1.29. The summed E-state index contributed by atoms with van der Waals surface area (Å²) < 4.78 is 30.7. The van der Waals surface area contributed by atoms with Crippen LogP contribution >= 0.6 is 0 Å². The van der Waals surface area contributed by atoms with Crippen LogP contribution in [0.1, 0.15) is 37.2 Å². The fourth-order valence-electron chi connectivity index (χ4n) is 3.62. The number of benzene rings is 1. The molecular weight excluding hydrogens is 324 g/mol. The second kappa shape index (κ2) is 7.85. The smallest absolute Gasteiger partial charge is 0.211 e. The summed E-state index contributed by atoms with van der Waals surface area (Å²) in [7, 11) is -3.05. The number of hydrogen-bond acceptors (Lipinski definition) is 4. The van der Waals surface area contributed by atoms with Gasteiger partial charge >= 0.3 is 0 Å². The average Bonchev–Trinajstić information content (AvgIpc) is 2.61. The highest BCUT2D eigenvalue weighted by molar-refractivity contribution is 7.88. The Hall–Kier alpha value is -1.11. The van der Waals surface area contributed by atoms with Gasteiger partial charge in [-0.3, -0.25) is 0 Å². The molecular formula is C18H28N2O3S. The van der Waals surface area contributed by atoms with Crippen molar-refractivity contribution in [1.82, 2.24) is 9.62 Å². The molecule has 2 saturated heterocycles. The van der Waals surface area contributed by atoms with Crippen LogP contribution in [0.5, 0.6) is 5.75 Å². The topological polar surface area (TPSA) is 58.6 Å². The first-order valence-electron chi connectivity index (χ1n) is 8.91. The molecule has 2 fully saturated rings. The molecule has 2 aliphatic rings. The Morgan fingerprint density at radius 2 is 1.71 bits per heavy atom. The van der Waals surface area contributed by atoms with Gasteiger partial charge in [0.25, 0.3) is 0 Å². The molecule has 0 spiro atoms. The standard InChI is InChI=1S/C18H28N2O3S/c1-24(21,22)20-12-8-17(9-13-20)16-2-4-18(5-3-16)23-14-15-6-10-19-11-7-15/h2-5,15,17,19H,6-14H2,1H3. The number of sulfonamides is 1. The van der Waals surface area contributed by atoms with E-state index in [1.165, 1.54) is 24.7 Å². The Morgan fingerprint density at radius 3 is 2.29 bits per heavy atom. The lowest BCUT2D eigenvalue weighted by molar-refractivity contribution is 0.215. The number of nitrogens with zero attached hydrogens (tertiary/aromatic N) is 1. The van der Waals surface area contributed by atoms with Crippen molar-refractivity contribution in [1.29, 1.82) is 0 Å². The molecule has 134 valence electrons. The maximum absolute atomic E-state index is 11.6. The maximum Gasteiger partial charge on any atom is 0.211 e. The zero-order chi connectivity index (χ0) is 17.0. The Bertz CT molecular complexity index is 616. The highest BCUT2D eigenvalue weighted by atomic mass is 32.2. The molecule has 0 unspecified atom stereocenters. The van der Waals surface area contributed by atoms with Crippen LogP contribution < -0.4 is 10.1 Å². The van der Waals surface area contributed by atoms with E-state index in [-0.39, 0.29) is 0 Å². The van der Waals surface area contributed by atoms with Crippen LogP contribution in [0.25, 0.3) is 0 Å². The van der Waals surface area contributed by atoms with Crippen LogP contribution in [0.2, 0.25) is 0 Å². The van der Waals surface area contributed by atoms with E-state index in [4.69, 9.17) is 4.74 Å². The highest BCUT2D eigenvalue weighted by Crippen LogP contribution is 2.30. The third kappa shape index (κ3) is 4.71. The van der Waals surface area contributed by atoms with Crippen LogP contribution in [-0.4, -0.2) is 51.8 Å². The Labute approximate surface area is 145 Å². The number of nitrogens with one attached hydrogen (secondary N) is 1. The monoisotopic (exact) mass is 352 g/mol. The molecule has 0 saturated carbocycles. The number of hydrogen-bond donors (Lipinski definition) is 1. The first-order chi connectivity index (χ1) is 11.5. The molecule has 1 N–H and O–H groups in total. The van der Waals surface area contributed by atoms with E-state index in [2.05, 4.69) is 29.6 Å². The summed E-state index contributed by atoms with van der Waals surface area (Å²) in [5.74, 6) is 2.04. The van der Waals surface area contributed by atoms with Crippen molar-refractivity contribution < 1.29 is 13.2 Å². The molecule has 3 rings (SSSR count). The van der Waals surface area contributed by atoms with Crippen molar-refractivity contribution in [3.63, 3.8) is 0 Å². The van der Waals surface area contributed by atoms with Gasteiger partial charge in [-0.15, -0.1) is 0 Å². The van der Waals surface area contributed by atoms with E-state index < -0.39 is 10.0 Å². The fraction of sp³-hybridized carbons (Fsp3) is 0.667. The Morgan fingerprint density at radius 1 is 1.08 bits per heavy atom. The molecule has 0 bridgehead atoms. The SMILES string of the molecule is CS(=O)(=O)N1CCC(c2ccc(OCC3CCNCC3)cc2)CC1. The van der Waals surface area contributed by atoms with E-state index >= 15 is 0 Å². The molecule has 24 heavy (non-hydrogen) atoms. The van der Waals surface area contributed by atoms with Gasteiger partial charge in [-0.2, -0.15) is 0 Å². The predicted octanol–water partition coefficient (Wildman–Crippen LogP) is 2.20. The van der Waals surface area contributed by atoms with Gasteiger partial charge < -0.3 is 10.1 Å². The number of rotatable bonds is 5. The lowest BCUT2D eigenvalue weighted by atomic mass is 9.90. The molecule has 5 nitrogen and oxygen atoms in total. The lowest BCUT2D eigenvalue weighted by Gasteiger charge is -2.30. The van der Waals surface area contributed by atoms with Crippen molar-refractivity contribution in [3.05, 3.63) is 29.8 Å². The molecule has 0 aliphatic carbocycles. The van der Waals surface area contributed by atoms with E-state index in [0.717, 1.165) is 38.3 Å². The summed E-state index contributed by atoms with van der Waals surface area (Å²) >= 11 is 0. The van der Waals surface area contributed by atoms with E-state index in [9.17, 15) is 8.42 Å². The van der Waals surface area contributed by atoms with Crippen molar-refractivity contribution in [3.8, 4) is 5.75 Å². The molecule has 0 aromatic heterocycles. The van der Waals surface area contributed by atoms with Gasteiger partial charge in [-0.25, -0.2) is 12.7 Å². The minimum Gasteiger partial charge on any atom is -0.493 e. The Kier molecular flexibility index (Phi) is 5.79. The summed E-state index contributed by atoms with van der Waals surface area (Å²) in [6.07, 6.45) is 5.46. The number of ether oxygens (including phenoxy) is 1. The van der Waals surface area contributed by atoms with Crippen LogP contribution in [-0.2, 0) is 10.0 Å². The lowest BCUT2D eigenvalue weighted by Crippen LogP contribution is -2.37. The third-order valence-electron chi connectivity index (χ3n) is 5.22. The van der Waals surface area contributed by atoms with Gasteiger partial charge in [0.15, 0.2) is 0 Å². The molecule has 1 aromatic rings. The first kappa shape index (κ1) is 17.7. The second-order valence-electron chi connectivity index (χ2n) is 7.01. The van der Waals surface area contributed by atoms with E-state index in [1.54, 1.807) is 4.31 Å². The maximum atomic E-state index is 11.6. The van der Waals surface area contributed by atoms with Crippen LogP contribution in [0, 0.1) is 5.92 Å². The zero-order valence-corrected chi connectivity index (χ0v) is 15.2.